The number of furan rings is 1. The van der Waals surface area contributed by atoms with Crippen LogP contribution in [0.3, 0.4) is 0 Å². The monoisotopic (exact) mass is 505 g/mol. The number of anilines is 1. The van der Waals surface area contributed by atoms with E-state index >= 15 is 0 Å². The fourth-order valence-electron chi connectivity index (χ4n) is 3.78. The van der Waals surface area contributed by atoms with Crippen molar-refractivity contribution in [1.29, 1.82) is 0 Å². The van der Waals surface area contributed by atoms with Crippen LogP contribution in [0.2, 0.25) is 0 Å². The lowest BCUT2D eigenvalue weighted by atomic mass is 10.0. The third-order valence-corrected chi connectivity index (χ3v) is 6.71. The molecule has 2 heterocycles. The van der Waals surface area contributed by atoms with E-state index in [1.807, 2.05) is 32.9 Å². The van der Waals surface area contributed by atoms with E-state index in [9.17, 15) is 24.5 Å². The Labute approximate surface area is 211 Å². The number of amides is 3. The van der Waals surface area contributed by atoms with E-state index in [1.54, 1.807) is 31.2 Å². The predicted molar refractivity (Wildman–Crippen MR) is 137 cm³/mol. The van der Waals surface area contributed by atoms with Gasteiger partial charge in [-0.05, 0) is 80.4 Å². The van der Waals surface area contributed by atoms with Crippen LogP contribution in [0.25, 0.3) is 17.4 Å². The first-order chi connectivity index (χ1) is 17.0. The highest BCUT2D eigenvalue weighted by Crippen LogP contribution is 2.36. The summed E-state index contributed by atoms with van der Waals surface area (Å²) in [7, 11) is 0. The molecule has 0 atom stereocenters. The van der Waals surface area contributed by atoms with Crippen LogP contribution in [0.4, 0.5) is 16.2 Å². The molecule has 1 aliphatic heterocycles. The summed E-state index contributed by atoms with van der Waals surface area (Å²) in [5, 5.41) is 13.7. The molecule has 1 fully saturated rings. The second-order valence-electron chi connectivity index (χ2n) is 8.55. The highest BCUT2D eigenvalue weighted by molar-refractivity contribution is 8.18. The molecule has 1 N–H and O–H groups in total. The number of hydrogen-bond donors (Lipinski definition) is 1. The fourth-order valence-corrected chi connectivity index (χ4v) is 4.60. The molecule has 10 heteroatoms. The maximum atomic E-state index is 12.8. The summed E-state index contributed by atoms with van der Waals surface area (Å²) in [6.07, 6.45) is 1.39. The minimum absolute atomic E-state index is 0.0888. The lowest BCUT2D eigenvalue weighted by Crippen LogP contribution is -2.36. The molecule has 0 unspecified atom stereocenters. The third-order valence-electron chi connectivity index (χ3n) is 5.81. The SMILES string of the molecule is Cc1ccc(NC(=O)CN2C(=O)S/C(=C\c3ccc(-c4cc(C)c(C)cc4[N+](=O)[O-])o3)C2=O)c(C)c1. The Morgan fingerprint density at radius 2 is 1.78 bits per heavy atom. The van der Waals surface area contributed by atoms with E-state index in [2.05, 4.69) is 5.32 Å². The number of carbonyl (C=O) groups excluding carboxylic acids is 3. The van der Waals surface area contributed by atoms with Crippen LogP contribution in [-0.4, -0.2) is 33.4 Å². The average molecular weight is 506 g/mol. The molecule has 0 aliphatic carbocycles. The number of nitro groups is 1. The standard InChI is InChI=1S/C26H23N3O6S/c1-14-5-7-20(17(4)9-14)27-24(30)13-28-25(31)23(36-26(28)32)12-18-6-8-22(35-18)19-10-15(2)16(3)11-21(19)29(33)34/h5-12H,13H2,1-4H3,(H,27,30)/b23-12-. The molecule has 3 aromatic rings. The van der Waals surface area contributed by atoms with E-state index in [4.69, 9.17) is 4.42 Å². The van der Waals surface area contributed by atoms with Crippen LogP contribution >= 0.6 is 11.8 Å². The number of hydrogen-bond acceptors (Lipinski definition) is 7. The van der Waals surface area contributed by atoms with Gasteiger partial charge >= 0.3 is 0 Å². The third kappa shape index (κ3) is 5.08. The first kappa shape index (κ1) is 24.9. The van der Waals surface area contributed by atoms with E-state index in [1.165, 1.54) is 12.1 Å². The van der Waals surface area contributed by atoms with Gasteiger partial charge in [-0.15, -0.1) is 0 Å². The van der Waals surface area contributed by atoms with Gasteiger partial charge in [-0.2, -0.15) is 0 Å². The Bertz CT molecular complexity index is 1460. The molecule has 3 amide bonds. The molecule has 0 saturated carbocycles. The van der Waals surface area contributed by atoms with Crippen LogP contribution < -0.4 is 5.32 Å². The Hall–Kier alpha value is -4.18. The molecule has 1 aromatic heterocycles. The molecule has 2 aromatic carbocycles. The van der Waals surface area contributed by atoms with Crippen molar-refractivity contribution < 1.29 is 23.7 Å². The van der Waals surface area contributed by atoms with Crippen molar-refractivity contribution in [2.24, 2.45) is 0 Å². The van der Waals surface area contributed by atoms with Gasteiger partial charge in [-0.3, -0.25) is 29.4 Å². The maximum absolute atomic E-state index is 12.8. The van der Waals surface area contributed by atoms with Gasteiger partial charge in [0.15, 0.2) is 0 Å². The van der Waals surface area contributed by atoms with E-state index in [0.29, 0.717) is 23.0 Å². The minimum Gasteiger partial charge on any atom is -0.456 e. The summed E-state index contributed by atoms with van der Waals surface area (Å²) in [6, 6.07) is 11.8. The quantitative estimate of drug-likeness (QED) is 0.256. The first-order valence-electron chi connectivity index (χ1n) is 11.0. The van der Waals surface area contributed by atoms with Crippen LogP contribution in [0.15, 0.2) is 51.8 Å². The predicted octanol–water partition coefficient (Wildman–Crippen LogP) is 5.76. The molecular formula is C26H23N3O6S. The van der Waals surface area contributed by atoms with Crippen LogP contribution in [0, 0.1) is 37.8 Å². The van der Waals surface area contributed by atoms with Gasteiger partial charge in [0.25, 0.3) is 16.8 Å². The van der Waals surface area contributed by atoms with Crippen molar-refractivity contribution >= 4 is 46.3 Å². The Morgan fingerprint density at radius 1 is 1.06 bits per heavy atom. The van der Waals surface area contributed by atoms with Crippen molar-refractivity contribution in [2.45, 2.75) is 27.7 Å². The molecule has 4 rings (SSSR count). The van der Waals surface area contributed by atoms with Gasteiger partial charge < -0.3 is 9.73 Å². The summed E-state index contributed by atoms with van der Waals surface area (Å²) < 4.78 is 5.76. The van der Waals surface area contributed by atoms with Crippen LogP contribution in [-0.2, 0) is 9.59 Å². The highest BCUT2D eigenvalue weighted by Gasteiger charge is 2.36. The molecule has 0 bridgehead atoms. The van der Waals surface area contributed by atoms with Crippen molar-refractivity contribution in [3.63, 3.8) is 0 Å². The number of nitro benzene ring substituents is 1. The molecule has 36 heavy (non-hydrogen) atoms. The smallest absolute Gasteiger partial charge is 0.294 e. The van der Waals surface area contributed by atoms with Gasteiger partial charge in [0, 0.05) is 17.8 Å². The van der Waals surface area contributed by atoms with Crippen molar-refractivity contribution in [2.75, 3.05) is 11.9 Å². The highest BCUT2D eigenvalue weighted by atomic mass is 32.2. The van der Waals surface area contributed by atoms with Gasteiger partial charge in [0.2, 0.25) is 5.91 Å². The Kier molecular flexibility index (Phi) is 6.80. The number of nitrogens with one attached hydrogen (secondary N) is 1. The molecule has 1 aliphatic rings. The van der Waals surface area contributed by atoms with E-state index < -0.39 is 28.5 Å². The van der Waals surface area contributed by atoms with Crippen LogP contribution in [0.5, 0.6) is 0 Å². The van der Waals surface area contributed by atoms with Crippen molar-refractivity contribution in [3.05, 3.63) is 85.5 Å². The van der Waals surface area contributed by atoms with Gasteiger partial charge in [0.1, 0.15) is 18.1 Å². The van der Waals surface area contributed by atoms with E-state index in [0.717, 1.165) is 27.2 Å². The number of imide groups is 1. The Balaban J connectivity index is 1.51. The van der Waals surface area contributed by atoms with Gasteiger partial charge in [-0.25, -0.2) is 0 Å². The summed E-state index contributed by atoms with van der Waals surface area (Å²) in [6.45, 7) is 7.01. The summed E-state index contributed by atoms with van der Waals surface area (Å²) in [5.41, 5.74) is 4.41. The van der Waals surface area contributed by atoms with Crippen molar-refractivity contribution in [3.8, 4) is 11.3 Å². The summed E-state index contributed by atoms with van der Waals surface area (Å²) in [5.74, 6) is -0.588. The van der Waals surface area contributed by atoms with E-state index in [-0.39, 0.29) is 22.1 Å². The molecule has 0 radical (unpaired) electrons. The van der Waals surface area contributed by atoms with Crippen molar-refractivity contribution in [1.82, 2.24) is 4.90 Å². The second-order valence-corrected chi connectivity index (χ2v) is 9.54. The Morgan fingerprint density at radius 3 is 2.47 bits per heavy atom. The molecule has 1 saturated heterocycles. The molecule has 9 nitrogen and oxygen atoms in total. The van der Waals surface area contributed by atoms with Crippen LogP contribution in [0.1, 0.15) is 28.0 Å². The molecular weight excluding hydrogens is 482 g/mol. The zero-order valence-electron chi connectivity index (χ0n) is 20.1. The average Bonchev–Trinajstić information content (AvgIpc) is 3.37. The topological polar surface area (TPSA) is 123 Å². The largest absolute Gasteiger partial charge is 0.456 e. The number of rotatable bonds is 6. The zero-order valence-corrected chi connectivity index (χ0v) is 20.9. The number of aryl methyl sites for hydroxylation is 4. The lowest BCUT2D eigenvalue weighted by molar-refractivity contribution is -0.384. The maximum Gasteiger partial charge on any atom is 0.294 e. The molecule has 184 valence electrons. The summed E-state index contributed by atoms with van der Waals surface area (Å²) in [4.78, 5) is 49.8. The van der Waals surface area contributed by atoms with Gasteiger partial charge in [0.05, 0.1) is 15.4 Å². The fraction of sp³-hybridized carbons (Fsp3) is 0.192. The second kappa shape index (κ2) is 9.82. The zero-order chi connectivity index (χ0) is 26.1. The number of thioether (sulfide) groups is 1. The normalized spacial score (nSPS) is 14.6. The molecule has 0 spiro atoms. The first-order valence-corrected chi connectivity index (χ1v) is 11.8. The lowest BCUT2D eigenvalue weighted by Gasteiger charge is -2.13. The minimum atomic E-state index is -0.615. The van der Waals surface area contributed by atoms with Gasteiger partial charge in [-0.1, -0.05) is 17.7 Å². The number of nitrogens with zero attached hydrogens (tertiary/aromatic N) is 2. The summed E-state index contributed by atoms with van der Waals surface area (Å²) >= 11 is 0.698. The number of benzene rings is 2. The number of carbonyl (C=O) groups is 3.